The van der Waals surface area contributed by atoms with Gasteiger partial charge in [-0.2, -0.15) is 0 Å². The Labute approximate surface area is 119 Å². The van der Waals surface area contributed by atoms with Crippen LogP contribution in [0.5, 0.6) is 0 Å². The van der Waals surface area contributed by atoms with Gasteiger partial charge in [0.15, 0.2) is 0 Å². The molecule has 20 heavy (non-hydrogen) atoms. The lowest BCUT2D eigenvalue weighted by atomic mass is 9.81. The smallest absolute Gasteiger partial charge is 0.307 e. The van der Waals surface area contributed by atoms with Crippen molar-refractivity contribution in [3.63, 3.8) is 0 Å². The van der Waals surface area contributed by atoms with Crippen molar-refractivity contribution in [2.45, 2.75) is 45.3 Å². The first-order valence-corrected chi connectivity index (χ1v) is 7.14. The Kier molecular flexibility index (Phi) is 4.18. The van der Waals surface area contributed by atoms with Crippen molar-refractivity contribution in [3.05, 3.63) is 12.2 Å². The summed E-state index contributed by atoms with van der Waals surface area (Å²) in [5.74, 6) is -1.98. The van der Waals surface area contributed by atoms with Gasteiger partial charge in [-0.05, 0) is 33.6 Å². The molecule has 0 spiro atoms. The van der Waals surface area contributed by atoms with Crippen molar-refractivity contribution < 1.29 is 19.4 Å². The van der Waals surface area contributed by atoms with Gasteiger partial charge in [0.1, 0.15) is 0 Å². The van der Waals surface area contributed by atoms with Gasteiger partial charge < -0.3 is 14.7 Å². The van der Waals surface area contributed by atoms with Gasteiger partial charge in [0.2, 0.25) is 5.91 Å². The van der Waals surface area contributed by atoms with Gasteiger partial charge in [0.05, 0.1) is 23.5 Å². The van der Waals surface area contributed by atoms with Crippen LogP contribution in [0.3, 0.4) is 0 Å². The highest BCUT2D eigenvalue weighted by atomic mass is 16.5. The van der Waals surface area contributed by atoms with E-state index in [4.69, 9.17) is 4.74 Å². The summed E-state index contributed by atoms with van der Waals surface area (Å²) in [6, 6.07) is 0. The zero-order chi connectivity index (χ0) is 14.9. The van der Waals surface area contributed by atoms with E-state index in [-0.39, 0.29) is 17.6 Å². The quantitative estimate of drug-likeness (QED) is 0.782. The summed E-state index contributed by atoms with van der Waals surface area (Å²) >= 11 is 0. The van der Waals surface area contributed by atoms with Crippen LogP contribution in [0.1, 0.15) is 33.6 Å². The van der Waals surface area contributed by atoms with Crippen LogP contribution in [0.25, 0.3) is 0 Å². The van der Waals surface area contributed by atoms with E-state index < -0.39 is 17.8 Å². The summed E-state index contributed by atoms with van der Waals surface area (Å²) in [6.45, 7) is 6.91. The summed E-state index contributed by atoms with van der Waals surface area (Å²) < 4.78 is 5.79. The number of amides is 1. The van der Waals surface area contributed by atoms with Crippen LogP contribution >= 0.6 is 0 Å². The van der Waals surface area contributed by atoms with E-state index >= 15 is 0 Å². The summed E-state index contributed by atoms with van der Waals surface area (Å²) in [7, 11) is 0. The largest absolute Gasteiger partial charge is 0.481 e. The molecule has 3 atom stereocenters. The normalized spacial score (nSPS) is 33.0. The highest BCUT2D eigenvalue weighted by Crippen LogP contribution is 2.30. The highest BCUT2D eigenvalue weighted by Gasteiger charge is 2.40. The van der Waals surface area contributed by atoms with Crippen molar-refractivity contribution in [2.75, 3.05) is 13.1 Å². The number of carboxylic acids is 1. The molecule has 1 N–H and O–H groups in total. The van der Waals surface area contributed by atoms with E-state index in [1.807, 2.05) is 32.9 Å². The number of nitrogens with zero attached hydrogens (tertiary/aromatic N) is 1. The second-order valence-corrected chi connectivity index (χ2v) is 6.40. The average molecular weight is 281 g/mol. The molecule has 2 aliphatic rings. The first kappa shape index (κ1) is 15.0. The number of hydrogen-bond donors (Lipinski definition) is 1. The molecule has 0 aromatic heterocycles. The minimum absolute atomic E-state index is 0.0230. The van der Waals surface area contributed by atoms with Crippen LogP contribution in [0.15, 0.2) is 12.2 Å². The molecular formula is C15H23NO4. The molecule has 3 unspecified atom stereocenters. The van der Waals surface area contributed by atoms with Gasteiger partial charge in [-0.3, -0.25) is 9.59 Å². The third kappa shape index (κ3) is 3.20. The molecule has 5 heteroatoms. The van der Waals surface area contributed by atoms with Gasteiger partial charge >= 0.3 is 5.97 Å². The molecule has 112 valence electrons. The number of hydrogen-bond acceptors (Lipinski definition) is 3. The standard InChI is InChI=1S/C15H23NO4/c1-10-8-16(9-15(2,3)20-10)13(17)11-6-4-5-7-12(11)14(18)19/h4-5,10-12H,6-9H2,1-3H3,(H,18,19). The molecule has 0 radical (unpaired) electrons. The van der Waals surface area contributed by atoms with Gasteiger partial charge in [-0.15, -0.1) is 0 Å². The lowest BCUT2D eigenvalue weighted by Crippen LogP contribution is -2.56. The zero-order valence-corrected chi connectivity index (χ0v) is 12.3. The van der Waals surface area contributed by atoms with Crippen molar-refractivity contribution in [2.24, 2.45) is 11.8 Å². The number of aliphatic carboxylic acids is 1. The molecule has 0 aromatic carbocycles. The van der Waals surface area contributed by atoms with E-state index in [1.165, 1.54) is 0 Å². The monoisotopic (exact) mass is 281 g/mol. The predicted octanol–water partition coefficient (Wildman–Crippen LogP) is 1.68. The maximum Gasteiger partial charge on any atom is 0.307 e. The number of rotatable bonds is 2. The van der Waals surface area contributed by atoms with E-state index in [0.29, 0.717) is 25.9 Å². The number of allylic oxidation sites excluding steroid dienone is 2. The summed E-state index contributed by atoms with van der Waals surface area (Å²) in [5.41, 5.74) is -0.378. The predicted molar refractivity (Wildman–Crippen MR) is 74.2 cm³/mol. The topological polar surface area (TPSA) is 66.8 Å². The van der Waals surface area contributed by atoms with Crippen LogP contribution in [0.4, 0.5) is 0 Å². The number of carbonyl (C=O) groups excluding carboxylic acids is 1. The third-order valence-electron chi connectivity index (χ3n) is 3.95. The second-order valence-electron chi connectivity index (χ2n) is 6.40. The maximum absolute atomic E-state index is 12.7. The summed E-state index contributed by atoms with van der Waals surface area (Å²) in [6.07, 6.45) is 4.70. The highest BCUT2D eigenvalue weighted by molar-refractivity contribution is 5.85. The SMILES string of the molecule is CC1CN(C(=O)C2CC=CCC2C(=O)O)CC(C)(C)O1. The Balaban J connectivity index is 2.13. The number of carboxylic acid groups (broad SMARTS) is 1. The van der Waals surface area contributed by atoms with Crippen molar-refractivity contribution in [1.29, 1.82) is 0 Å². The van der Waals surface area contributed by atoms with Crippen molar-refractivity contribution >= 4 is 11.9 Å². The van der Waals surface area contributed by atoms with Gasteiger partial charge in [-0.1, -0.05) is 12.2 Å². The Bertz CT molecular complexity index is 430. The Morgan fingerprint density at radius 2 is 1.85 bits per heavy atom. The molecule has 1 aliphatic heterocycles. The Morgan fingerprint density at radius 3 is 2.40 bits per heavy atom. The molecule has 1 amide bonds. The molecule has 0 aromatic rings. The molecule has 1 heterocycles. The lowest BCUT2D eigenvalue weighted by Gasteiger charge is -2.43. The zero-order valence-electron chi connectivity index (χ0n) is 12.3. The fourth-order valence-corrected chi connectivity index (χ4v) is 3.22. The third-order valence-corrected chi connectivity index (χ3v) is 3.95. The van der Waals surface area contributed by atoms with Crippen LogP contribution in [0.2, 0.25) is 0 Å². The molecule has 5 nitrogen and oxygen atoms in total. The Hall–Kier alpha value is -1.36. The fourth-order valence-electron chi connectivity index (χ4n) is 3.22. The molecule has 0 saturated carbocycles. The van der Waals surface area contributed by atoms with E-state index in [0.717, 1.165) is 0 Å². The lowest BCUT2D eigenvalue weighted by molar-refractivity contribution is -0.166. The molecule has 1 fully saturated rings. The minimum atomic E-state index is -0.881. The average Bonchev–Trinajstić information content (AvgIpc) is 2.35. The van der Waals surface area contributed by atoms with E-state index in [1.54, 1.807) is 4.90 Å². The molecule has 1 aliphatic carbocycles. The maximum atomic E-state index is 12.7. The fraction of sp³-hybridized carbons (Fsp3) is 0.733. The van der Waals surface area contributed by atoms with Crippen LogP contribution in [0, 0.1) is 11.8 Å². The molecule has 2 rings (SSSR count). The van der Waals surface area contributed by atoms with Crippen molar-refractivity contribution in [3.8, 4) is 0 Å². The van der Waals surface area contributed by atoms with Crippen LogP contribution in [-0.2, 0) is 14.3 Å². The van der Waals surface area contributed by atoms with E-state index in [9.17, 15) is 14.7 Å². The molecule has 1 saturated heterocycles. The van der Waals surface area contributed by atoms with Crippen molar-refractivity contribution in [1.82, 2.24) is 4.90 Å². The minimum Gasteiger partial charge on any atom is -0.481 e. The van der Waals surface area contributed by atoms with E-state index in [2.05, 4.69) is 0 Å². The first-order chi connectivity index (χ1) is 9.30. The van der Waals surface area contributed by atoms with Gasteiger partial charge in [-0.25, -0.2) is 0 Å². The second kappa shape index (κ2) is 5.56. The number of morpholine rings is 1. The number of carbonyl (C=O) groups is 2. The van der Waals surface area contributed by atoms with Gasteiger partial charge in [0, 0.05) is 13.1 Å². The first-order valence-electron chi connectivity index (χ1n) is 7.14. The molecular weight excluding hydrogens is 258 g/mol. The summed E-state index contributed by atoms with van der Waals surface area (Å²) in [5, 5.41) is 9.28. The Morgan fingerprint density at radius 1 is 1.25 bits per heavy atom. The van der Waals surface area contributed by atoms with Crippen LogP contribution < -0.4 is 0 Å². The summed E-state index contributed by atoms with van der Waals surface area (Å²) in [4.78, 5) is 25.8. The number of ether oxygens (including phenoxy) is 1. The van der Waals surface area contributed by atoms with Gasteiger partial charge in [0.25, 0.3) is 0 Å². The van der Waals surface area contributed by atoms with Crippen LogP contribution in [-0.4, -0.2) is 46.7 Å². The molecule has 0 bridgehead atoms.